The van der Waals surface area contributed by atoms with Crippen LogP contribution in [0, 0.1) is 0 Å². The zero-order chi connectivity index (χ0) is 13.7. The largest absolute Gasteiger partial charge is 0.506 e. The quantitative estimate of drug-likeness (QED) is 0.844. The minimum absolute atomic E-state index is 0.0224. The average molecular weight is 294 g/mol. The van der Waals surface area contributed by atoms with E-state index in [-0.39, 0.29) is 17.4 Å². The Morgan fingerprint density at radius 2 is 2.06 bits per heavy atom. The highest BCUT2D eigenvalue weighted by Crippen LogP contribution is 2.31. The Morgan fingerprint density at radius 3 is 2.67 bits per heavy atom. The Labute approximate surface area is 117 Å². The van der Waals surface area contributed by atoms with Gasteiger partial charge in [-0.25, -0.2) is 0 Å². The molecule has 0 saturated carbocycles. The molecule has 0 saturated heterocycles. The lowest BCUT2D eigenvalue weighted by Crippen LogP contribution is -2.31. The van der Waals surface area contributed by atoms with Crippen LogP contribution in [0.2, 0.25) is 10.0 Å². The van der Waals surface area contributed by atoms with E-state index >= 15 is 0 Å². The lowest BCUT2D eigenvalue weighted by atomic mass is 10.2. The molecule has 1 atom stereocenters. The molecule has 6 heteroatoms. The highest BCUT2D eigenvalue weighted by molar-refractivity contribution is 6.35. The van der Waals surface area contributed by atoms with Crippen LogP contribution in [-0.2, 0) is 11.3 Å². The third kappa shape index (κ3) is 4.63. The minimum Gasteiger partial charge on any atom is -0.506 e. The first-order valence-corrected chi connectivity index (χ1v) is 6.22. The number of benzene rings is 1. The second-order valence-electron chi connectivity index (χ2n) is 4.20. The molecule has 0 fully saturated rings. The summed E-state index contributed by atoms with van der Waals surface area (Å²) >= 11 is 11.7. The van der Waals surface area contributed by atoms with Crippen molar-refractivity contribution in [2.75, 3.05) is 27.3 Å². The van der Waals surface area contributed by atoms with E-state index in [0.29, 0.717) is 23.7 Å². The number of rotatable bonds is 6. The maximum absolute atomic E-state index is 9.80. The summed E-state index contributed by atoms with van der Waals surface area (Å²) in [7, 11) is 3.36. The van der Waals surface area contributed by atoms with E-state index < -0.39 is 6.10 Å². The Kier molecular flexibility index (Phi) is 6.18. The third-order valence-electron chi connectivity index (χ3n) is 2.43. The Bertz CT molecular complexity index is 401. The molecule has 0 bridgehead atoms. The van der Waals surface area contributed by atoms with E-state index in [9.17, 15) is 10.2 Å². The number of aromatic hydroxyl groups is 1. The number of halogens is 2. The van der Waals surface area contributed by atoms with Gasteiger partial charge in [-0.2, -0.15) is 0 Å². The molecule has 1 rings (SSSR count). The number of aliphatic hydroxyl groups is 1. The molecule has 0 spiro atoms. The van der Waals surface area contributed by atoms with Gasteiger partial charge in [0.1, 0.15) is 5.75 Å². The lowest BCUT2D eigenvalue weighted by molar-refractivity contribution is 0.0417. The van der Waals surface area contributed by atoms with E-state index in [4.69, 9.17) is 27.9 Å². The number of phenolic OH excluding ortho intramolecular Hbond substituents is 1. The van der Waals surface area contributed by atoms with Gasteiger partial charge in [-0.05, 0) is 19.2 Å². The van der Waals surface area contributed by atoms with Crippen LogP contribution >= 0.6 is 23.2 Å². The van der Waals surface area contributed by atoms with E-state index in [2.05, 4.69) is 0 Å². The summed E-state index contributed by atoms with van der Waals surface area (Å²) in [5.74, 6) is 0.0224. The van der Waals surface area contributed by atoms with E-state index in [0.717, 1.165) is 0 Å². The van der Waals surface area contributed by atoms with E-state index in [1.54, 1.807) is 6.07 Å². The molecule has 0 aliphatic heterocycles. The zero-order valence-corrected chi connectivity index (χ0v) is 11.9. The second kappa shape index (κ2) is 7.16. The highest BCUT2D eigenvalue weighted by Gasteiger charge is 2.13. The van der Waals surface area contributed by atoms with Crippen LogP contribution in [0.5, 0.6) is 5.75 Å². The fourth-order valence-electron chi connectivity index (χ4n) is 1.70. The molecule has 1 aromatic rings. The number of phenols is 1. The maximum Gasteiger partial charge on any atom is 0.138 e. The molecule has 18 heavy (non-hydrogen) atoms. The van der Waals surface area contributed by atoms with Gasteiger partial charge >= 0.3 is 0 Å². The van der Waals surface area contributed by atoms with Gasteiger partial charge in [-0.3, -0.25) is 4.90 Å². The van der Waals surface area contributed by atoms with Crippen molar-refractivity contribution in [2.24, 2.45) is 0 Å². The Hall–Kier alpha value is -0.520. The predicted molar refractivity (Wildman–Crippen MR) is 72.3 cm³/mol. The average Bonchev–Trinajstić information content (AvgIpc) is 2.25. The fraction of sp³-hybridized carbons (Fsp3) is 0.500. The summed E-state index contributed by atoms with van der Waals surface area (Å²) in [6.45, 7) is 1.14. The molecule has 0 aromatic heterocycles. The van der Waals surface area contributed by atoms with Crippen LogP contribution in [0.1, 0.15) is 5.56 Å². The smallest absolute Gasteiger partial charge is 0.138 e. The highest BCUT2D eigenvalue weighted by atomic mass is 35.5. The van der Waals surface area contributed by atoms with Crippen molar-refractivity contribution in [3.05, 3.63) is 27.7 Å². The summed E-state index contributed by atoms with van der Waals surface area (Å²) in [6, 6.07) is 3.14. The van der Waals surface area contributed by atoms with Crippen molar-refractivity contribution in [2.45, 2.75) is 12.6 Å². The third-order valence-corrected chi connectivity index (χ3v) is 2.94. The van der Waals surface area contributed by atoms with Gasteiger partial charge in [0.25, 0.3) is 0 Å². The van der Waals surface area contributed by atoms with Gasteiger partial charge in [-0.15, -0.1) is 0 Å². The number of likely N-dealkylation sites (N-methyl/N-ethyl adjacent to an activating group) is 1. The van der Waals surface area contributed by atoms with Crippen molar-refractivity contribution in [1.29, 1.82) is 0 Å². The van der Waals surface area contributed by atoms with Gasteiger partial charge in [0, 0.05) is 30.8 Å². The van der Waals surface area contributed by atoms with Crippen molar-refractivity contribution in [3.63, 3.8) is 0 Å². The Morgan fingerprint density at radius 1 is 1.39 bits per heavy atom. The molecule has 0 aliphatic carbocycles. The molecule has 0 radical (unpaired) electrons. The van der Waals surface area contributed by atoms with E-state index in [1.165, 1.54) is 13.2 Å². The van der Waals surface area contributed by atoms with Gasteiger partial charge in [0.2, 0.25) is 0 Å². The number of methoxy groups -OCH3 is 1. The van der Waals surface area contributed by atoms with Gasteiger partial charge < -0.3 is 14.9 Å². The zero-order valence-electron chi connectivity index (χ0n) is 10.4. The summed E-state index contributed by atoms with van der Waals surface area (Å²) in [6.07, 6.45) is -0.572. The molecule has 1 aromatic carbocycles. The number of hydrogen-bond donors (Lipinski definition) is 2. The molecule has 102 valence electrons. The molecular formula is C12H17Cl2NO3. The number of aliphatic hydroxyl groups excluding tert-OH is 1. The van der Waals surface area contributed by atoms with Crippen LogP contribution in [0.15, 0.2) is 12.1 Å². The standard InChI is InChI=1S/C12H17Cl2NO3/c1-15(6-10(16)7-18-2)5-8-3-9(13)4-11(14)12(8)17/h3-4,10,16-17H,5-7H2,1-2H3. The maximum atomic E-state index is 9.80. The summed E-state index contributed by atoms with van der Waals surface area (Å²) in [5.41, 5.74) is 0.625. The van der Waals surface area contributed by atoms with Crippen LogP contribution in [0.25, 0.3) is 0 Å². The molecular weight excluding hydrogens is 277 g/mol. The van der Waals surface area contributed by atoms with Crippen molar-refractivity contribution >= 4 is 23.2 Å². The summed E-state index contributed by atoms with van der Waals surface area (Å²) in [5, 5.41) is 20.1. The van der Waals surface area contributed by atoms with E-state index in [1.807, 2.05) is 11.9 Å². The first kappa shape index (κ1) is 15.5. The molecule has 0 amide bonds. The summed E-state index contributed by atoms with van der Waals surface area (Å²) < 4.78 is 4.85. The van der Waals surface area contributed by atoms with Gasteiger partial charge in [0.15, 0.2) is 0 Å². The molecule has 0 heterocycles. The van der Waals surface area contributed by atoms with Crippen molar-refractivity contribution in [3.8, 4) is 5.75 Å². The molecule has 0 aliphatic rings. The first-order valence-electron chi connectivity index (χ1n) is 5.46. The molecule has 4 nitrogen and oxygen atoms in total. The van der Waals surface area contributed by atoms with Gasteiger partial charge in [-0.1, -0.05) is 23.2 Å². The minimum atomic E-state index is -0.572. The number of nitrogens with zero attached hydrogens (tertiary/aromatic N) is 1. The summed E-state index contributed by atoms with van der Waals surface area (Å²) in [4.78, 5) is 1.85. The fourth-order valence-corrected chi connectivity index (χ4v) is 2.24. The van der Waals surface area contributed by atoms with Crippen molar-refractivity contribution < 1.29 is 14.9 Å². The number of ether oxygens (including phenoxy) is 1. The molecule has 1 unspecified atom stereocenters. The van der Waals surface area contributed by atoms with Crippen molar-refractivity contribution in [1.82, 2.24) is 4.90 Å². The van der Waals surface area contributed by atoms with Crippen LogP contribution in [0.4, 0.5) is 0 Å². The lowest BCUT2D eigenvalue weighted by Gasteiger charge is -2.21. The molecule has 2 N–H and O–H groups in total. The normalized spacial score (nSPS) is 13.0. The second-order valence-corrected chi connectivity index (χ2v) is 5.04. The van der Waals surface area contributed by atoms with Gasteiger partial charge in [0.05, 0.1) is 17.7 Å². The van der Waals surface area contributed by atoms with Crippen LogP contribution < -0.4 is 0 Å². The number of hydrogen-bond acceptors (Lipinski definition) is 4. The van der Waals surface area contributed by atoms with Crippen LogP contribution in [0.3, 0.4) is 0 Å². The first-order chi connectivity index (χ1) is 8.43. The SMILES string of the molecule is COCC(O)CN(C)Cc1cc(Cl)cc(Cl)c1O. The van der Waals surface area contributed by atoms with Crippen LogP contribution in [-0.4, -0.2) is 48.5 Å². The topological polar surface area (TPSA) is 52.9 Å². The monoisotopic (exact) mass is 293 g/mol. The Balaban J connectivity index is 2.67. The predicted octanol–water partition coefficient (Wildman–Crippen LogP) is 2.14.